The first-order valence-corrected chi connectivity index (χ1v) is 5.26. The quantitative estimate of drug-likeness (QED) is 0.690. The van der Waals surface area contributed by atoms with Gasteiger partial charge in [0.1, 0.15) is 0 Å². The molecule has 3 N–H and O–H groups in total. The Hall–Kier alpha value is -1.06. The minimum Gasteiger partial charge on any atom is -0.394 e. The van der Waals surface area contributed by atoms with E-state index in [1.807, 2.05) is 12.1 Å². The van der Waals surface area contributed by atoms with Crippen LogP contribution in [0.25, 0.3) is 0 Å². The maximum Gasteiger partial charge on any atom is 0.0942 e. The number of aliphatic hydroxyl groups is 2. The Balaban J connectivity index is 2.58. The van der Waals surface area contributed by atoms with E-state index in [-0.39, 0.29) is 6.61 Å². The highest BCUT2D eigenvalue weighted by Crippen LogP contribution is 2.18. The fourth-order valence-corrected chi connectivity index (χ4v) is 1.31. The van der Waals surface area contributed by atoms with Gasteiger partial charge in [-0.2, -0.15) is 0 Å². The minimum atomic E-state index is -0.701. The number of benzene rings is 1. The maximum absolute atomic E-state index is 9.19. The smallest absolute Gasteiger partial charge is 0.0942 e. The van der Waals surface area contributed by atoms with Gasteiger partial charge in [-0.1, -0.05) is 26.0 Å². The summed E-state index contributed by atoms with van der Waals surface area (Å²) in [5.74, 6) is 0.495. The molecule has 0 fully saturated rings. The lowest BCUT2D eigenvalue weighted by Gasteiger charge is -2.12. The molecule has 15 heavy (non-hydrogen) atoms. The van der Waals surface area contributed by atoms with E-state index in [4.69, 9.17) is 5.11 Å². The normalized spacial score (nSPS) is 12.9. The predicted molar refractivity (Wildman–Crippen MR) is 62.1 cm³/mol. The Morgan fingerprint density at radius 1 is 1.33 bits per heavy atom. The molecule has 0 aliphatic carbocycles. The second-order valence-electron chi connectivity index (χ2n) is 4.00. The molecule has 0 aliphatic rings. The van der Waals surface area contributed by atoms with Crippen molar-refractivity contribution in [3.8, 4) is 0 Å². The maximum atomic E-state index is 9.19. The van der Waals surface area contributed by atoms with Crippen LogP contribution in [0, 0.1) is 0 Å². The van der Waals surface area contributed by atoms with Crippen molar-refractivity contribution in [2.45, 2.75) is 25.9 Å². The van der Waals surface area contributed by atoms with Gasteiger partial charge in [-0.25, -0.2) is 0 Å². The summed E-state index contributed by atoms with van der Waals surface area (Å²) in [5, 5.41) is 20.9. The lowest BCUT2D eigenvalue weighted by Crippen LogP contribution is -2.22. The van der Waals surface area contributed by atoms with Crippen molar-refractivity contribution in [1.82, 2.24) is 0 Å². The molecule has 1 rings (SSSR count). The molecular formula is C12H19NO2. The Morgan fingerprint density at radius 3 is 2.67 bits per heavy atom. The molecule has 84 valence electrons. The summed E-state index contributed by atoms with van der Waals surface area (Å²) in [6.45, 7) is 4.44. The molecule has 0 amide bonds. The van der Waals surface area contributed by atoms with E-state index in [0.717, 1.165) is 5.69 Å². The van der Waals surface area contributed by atoms with Crippen molar-refractivity contribution < 1.29 is 10.2 Å². The zero-order valence-corrected chi connectivity index (χ0v) is 9.27. The number of hydrogen-bond donors (Lipinski definition) is 3. The van der Waals surface area contributed by atoms with E-state index in [0.29, 0.717) is 12.5 Å². The van der Waals surface area contributed by atoms with Gasteiger partial charge in [0.15, 0.2) is 0 Å². The molecule has 3 nitrogen and oxygen atoms in total. The van der Waals surface area contributed by atoms with Gasteiger partial charge in [0, 0.05) is 12.2 Å². The molecule has 3 heteroatoms. The fraction of sp³-hybridized carbons (Fsp3) is 0.500. The zero-order chi connectivity index (χ0) is 11.3. The first-order chi connectivity index (χ1) is 7.13. The number of anilines is 1. The molecule has 0 radical (unpaired) electrons. The van der Waals surface area contributed by atoms with Crippen molar-refractivity contribution in [2.24, 2.45) is 0 Å². The van der Waals surface area contributed by atoms with Gasteiger partial charge < -0.3 is 15.5 Å². The van der Waals surface area contributed by atoms with Crippen molar-refractivity contribution in [2.75, 3.05) is 18.5 Å². The molecule has 0 aliphatic heterocycles. The fourth-order valence-electron chi connectivity index (χ4n) is 1.31. The van der Waals surface area contributed by atoms with Crippen LogP contribution in [0.15, 0.2) is 24.3 Å². The summed E-state index contributed by atoms with van der Waals surface area (Å²) in [4.78, 5) is 0. The van der Waals surface area contributed by atoms with Crippen LogP contribution in [0.4, 0.5) is 5.69 Å². The first-order valence-electron chi connectivity index (χ1n) is 5.26. The van der Waals surface area contributed by atoms with Crippen LogP contribution in [-0.2, 0) is 0 Å². The number of aliphatic hydroxyl groups excluding tert-OH is 2. The SMILES string of the molecule is CC(C)c1cccc(NC[C@H](O)CO)c1. The summed E-state index contributed by atoms with van der Waals surface area (Å²) >= 11 is 0. The van der Waals surface area contributed by atoms with Crippen LogP contribution < -0.4 is 5.32 Å². The molecule has 0 unspecified atom stereocenters. The van der Waals surface area contributed by atoms with Crippen LogP contribution in [0.2, 0.25) is 0 Å². The Bertz CT molecular complexity index is 299. The molecule has 1 atom stereocenters. The van der Waals surface area contributed by atoms with E-state index in [9.17, 15) is 5.11 Å². The van der Waals surface area contributed by atoms with Gasteiger partial charge in [0.2, 0.25) is 0 Å². The Labute approximate surface area is 90.8 Å². The van der Waals surface area contributed by atoms with Crippen LogP contribution in [0.1, 0.15) is 25.3 Å². The van der Waals surface area contributed by atoms with Gasteiger partial charge in [0.05, 0.1) is 12.7 Å². The summed E-state index contributed by atoms with van der Waals surface area (Å²) in [6, 6.07) is 8.09. The second kappa shape index (κ2) is 5.73. The van der Waals surface area contributed by atoms with Gasteiger partial charge in [0.25, 0.3) is 0 Å². The lowest BCUT2D eigenvalue weighted by atomic mass is 10.0. The second-order valence-corrected chi connectivity index (χ2v) is 4.00. The van der Waals surface area contributed by atoms with E-state index < -0.39 is 6.10 Å². The summed E-state index contributed by atoms with van der Waals surface area (Å²) in [5.41, 5.74) is 2.24. The summed E-state index contributed by atoms with van der Waals surface area (Å²) < 4.78 is 0. The highest BCUT2D eigenvalue weighted by atomic mass is 16.3. The van der Waals surface area contributed by atoms with E-state index in [1.165, 1.54) is 5.56 Å². The third kappa shape index (κ3) is 3.90. The van der Waals surface area contributed by atoms with E-state index >= 15 is 0 Å². The standard InChI is InChI=1S/C12H19NO2/c1-9(2)10-4-3-5-11(6-10)13-7-12(15)8-14/h3-6,9,12-15H,7-8H2,1-2H3/t12-/m0/s1. The highest BCUT2D eigenvalue weighted by Gasteiger charge is 2.03. The van der Waals surface area contributed by atoms with Crippen LogP contribution in [0.3, 0.4) is 0 Å². The molecule has 0 saturated heterocycles. The van der Waals surface area contributed by atoms with Gasteiger partial charge in [-0.15, -0.1) is 0 Å². The Kier molecular flexibility index (Phi) is 4.59. The van der Waals surface area contributed by atoms with Gasteiger partial charge in [-0.3, -0.25) is 0 Å². The summed E-state index contributed by atoms with van der Waals surface area (Å²) in [6.07, 6.45) is -0.701. The van der Waals surface area contributed by atoms with Crippen LogP contribution >= 0.6 is 0 Å². The number of rotatable bonds is 5. The largest absolute Gasteiger partial charge is 0.394 e. The molecule has 0 saturated carbocycles. The molecule has 0 heterocycles. The predicted octanol–water partition coefficient (Wildman–Crippen LogP) is 1.58. The van der Waals surface area contributed by atoms with Crippen LogP contribution in [0.5, 0.6) is 0 Å². The van der Waals surface area contributed by atoms with Gasteiger partial charge in [-0.05, 0) is 23.6 Å². The third-order valence-corrected chi connectivity index (χ3v) is 2.31. The van der Waals surface area contributed by atoms with Crippen LogP contribution in [-0.4, -0.2) is 29.5 Å². The highest BCUT2D eigenvalue weighted by molar-refractivity contribution is 5.46. The van der Waals surface area contributed by atoms with Gasteiger partial charge >= 0.3 is 0 Å². The van der Waals surface area contributed by atoms with E-state index in [1.54, 1.807) is 0 Å². The molecule has 1 aromatic carbocycles. The minimum absolute atomic E-state index is 0.211. The molecule has 1 aromatic rings. The first kappa shape index (κ1) is 12.0. The lowest BCUT2D eigenvalue weighted by molar-refractivity contribution is 0.105. The number of nitrogens with one attached hydrogen (secondary N) is 1. The van der Waals surface area contributed by atoms with Crippen molar-refractivity contribution >= 4 is 5.69 Å². The molecule has 0 aromatic heterocycles. The number of hydrogen-bond acceptors (Lipinski definition) is 3. The van der Waals surface area contributed by atoms with Crippen molar-refractivity contribution in [3.05, 3.63) is 29.8 Å². The molecular weight excluding hydrogens is 190 g/mol. The Morgan fingerprint density at radius 2 is 2.07 bits per heavy atom. The molecule has 0 spiro atoms. The monoisotopic (exact) mass is 209 g/mol. The zero-order valence-electron chi connectivity index (χ0n) is 9.27. The summed E-state index contributed by atoms with van der Waals surface area (Å²) in [7, 11) is 0. The average Bonchev–Trinajstić information content (AvgIpc) is 2.26. The molecule has 0 bridgehead atoms. The average molecular weight is 209 g/mol. The van der Waals surface area contributed by atoms with Crippen molar-refractivity contribution in [3.63, 3.8) is 0 Å². The van der Waals surface area contributed by atoms with Crippen molar-refractivity contribution in [1.29, 1.82) is 0 Å². The topological polar surface area (TPSA) is 52.5 Å². The third-order valence-electron chi connectivity index (χ3n) is 2.31. The van der Waals surface area contributed by atoms with E-state index in [2.05, 4.69) is 31.3 Å².